The fourth-order valence-electron chi connectivity index (χ4n) is 3.44. The Bertz CT molecular complexity index is 1340. The molecule has 0 saturated heterocycles. The second-order valence-corrected chi connectivity index (χ2v) is 7.48. The Labute approximate surface area is 164 Å². The number of ether oxygens (including phenoxy) is 1. The van der Waals surface area contributed by atoms with Gasteiger partial charge in [0.25, 0.3) is 5.91 Å². The highest BCUT2D eigenvalue weighted by molar-refractivity contribution is 7.22. The number of amides is 1. The van der Waals surface area contributed by atoms with Crippen molar-refractivity contribution in [3.63, 3.8) is 0 Å². The Kier molecular flexibility index (Phi) is 4.07. The molecule has 0 fully saturated rings. The van der Waals surface area contributed by atoms with E-state index < -0.39 is 0 Å². The van der Waals surface area contributed by atoms with Crippen LogP contribution in [-0.4, -0.2) is 18.0 Å². The molecule has 0 aliphatic heterocycles. The Hall–Kier alpha value is -3.22. The van der Waals surface area contributed by atoms with E-state index >= 15 is 0 Å². The molecule has 5 aromatic rings. The van der Waals surface area contributed by atoms with Crippen molar-refractivity contribution in [3.8, 4) is 0 Å². The minimum absolute atomic E-state index is 0.257. The highest BCUT2D eigenvalue weighted by atomic mass is 32.1. The molecule has 0 aliphatic carbocycles. The van der Waals surface area contributed by atoms with Crippen molar-refractivity contribution in [3.05, 3.63) is 72.0 Å². The van der Waals surface area contributed by atoms with Gasteiger partial charge < -0.3 is 9.15 Å². The summed E-state index contributed by atoms with van der Waals surface area (Å²) in [5.41, 5.74) is 2.29. The molecule has 138 valence electrons. The van der Waals surface area contributed by atoms with Crippen LogP contribution in [0.5, 0.6) is 0 Å². The van der Waals surface area contributed by atoms with Gasteiger partial charge in [-0.3, -0.25) is 10.1 Å². The number of thiazole rings is 1. The zero-order chi connectivity index (χ0) is 19.1. The second-order valence-electron chi connectivity index (χ2n) is 6.45. The van der Waals surface area contributed by atoms with E-state index in [1.165, 1.54) is 11.3 Å². The van der Waals surface area contributed by atoms with Gasteiger partial charge in [-0.05, 0) is 17.5 Å². The molecule has 0 bridgehead atoms. The Balaban J connectivity index is 1.54. The molecule has 0 aliphatic rings. The van der Waals surface area contributed by atoms with Gasteiger partial charge in [-0.15, -0.1) is 0 Å². The van der Waals surface area contributed by atoms with Crippen molar-refractivity contribution in [2.75, 3.05) is 12.4 Å². The summed E-state index contributed by atoms with van der Waals surface area (Å²) in [4.78, 5) is 17.6. The highest BCUT2D eigenvalue weighted by Crippen LogP contribution is 2.33. The van der Waals surface area contributed by atoms with E-state index in [1.54, 1.807) is 7.11 Å². The highest BCUT2D eigenvalue weighted by Gasteiger charge is 2.21. The van der Waals surface area contributed by atoms with Crippen LogP contribution < -0.4 is 5.32 Å². The molecule has 0 saturated carbocycles. The fraction of sp³-hybridized carbons (Fsp3) is 0.0909. The van der Waals surface area contributed by atoms with Crippen LogP contribution in [0, 0.1) is 0 Å². The van der Waals surface area contributed by atoms with Crippen molar-refractivity contribution < 1.29 is 13.9 Å². The maximum atomic E-state index is 12.9. The molecule has 0 spiro atoms. The molecule has 1 N–H and O–H groups in total. The third-order valence-electron chi connectivity index (χ3n) is 4.70. The number of para-hydroxylation sites is 1. The van der Waals surface area contributed by atoms with Gasteiger partial charge >= 0.3 is 0 Å². The molecule has 5 rings (SSSR count). The van der Waals surface area contributed by atoms with Crippen molar-refractivity contribution in [1.82, 2.24) is 4.98 Å². The summed E-state index contributed by atoms with van der Waals surface area (Å²) in [5.74, 6) is -0.0706. The van der Waals surface area contributed by atoms with Gasteiger partial charge in [-0.25, -0.2) is 4.98 Å². The lowest BCUT2D eigenvalue weighted by Gasteiger charge is -2.02. The van der Waals surface area contributed by atoms with Crippen LogP contribution in [0.4, 0.5) is 5.13 Å². The topological polar surface area (TPSA) is 64.4 Å². The van der Waals surface area contributed by atoms with Crippen LogP contribution in [0.15, 0.2) is 65.1 Å². The van der Waals surface area contributed by atoms with Gasteiger partial charge in [0.2, 0.25) is 0 Å². The molecular formula is C22H16N2O3S. The molecule has 2 heterocycles. The normalized spacial score (nSPS) is 11.5. The molecule has 2 aromatic heterocycles. The van der Waals surface area contributed by atoms with E-state index in [0.717, 1.165) is 31.9 Å². The van der Waals surface area contributed by atoms with Crippen molar-refractivity contribution in [2.45, 2.75) is 6.61 Å². The molecule has 6 heteroatoms. The first-order valence-electron chi connectivity index (χ1n) is 8.83. The maximum absolute atomic E-state index is 12.9. The summed E-state index contributed by atoms with van der Waals surface area (Å²) in [7, 11) is 1.60. The third-order valence-corrected chi connectivity index (χ3v) is 5.63. The molecule has 1 amide bonds. The summed E-state index contributed by atoms with van der Waals surface area (Å²) in [6.45, 7) is 0.296. The van der Waals surface area contributed by atoms with E-state index in [-0.39, 0.29) is 11.7 Å². The first-order valence-corrected chi connectivity index (χ1v) is 9.65. The lowest BCUT2D eigenvalue weighted by atomic mass is 10.1. The molecular weight excluding hydrogens is 372 g/mol. The van der Waals surface area contributed by atoms with Crippen LogP contribution in [0.25, 0.3) is 32.0 Å². The summed E-state index contributed by atoms with van der Waals surface area (Å²) < 4.78 is 12.1. The van der Waals surface area contributed by atoms with E-state index in [1.807, 2.05) is 48.5 Å². The van der Waals surface area contributed by atoms with Crippen LogP contribution in [0.2, 0.25) is 0 Å². The lowest BCUT2D eigenvalue weighted by Crippen LogP contribution is -2.13. The SMILES string of the molecule is COCc1c(C(=O)Nc2nc3c(ccc4ccccc43)s2)oc2ccccc12. The van der Waals surface area contributed by atoms with Gasteiger partial charge in [0.15, 0.2) is 10.9 Å². The number of nitrogens with zero attached hydrogens (tertiary/aromatic N) is 1. The van der Waals surface area contributed by atoms with E-state index in [9.17, 15) is 4.79 Å². The summed E-state index contributed by atoms with van der Waals surface area (Å²) in [5, 5.41) is 6.51. The summed E-state index contributed by atoms with van der Waals surface area (Å²) in [6, 6.07) is 19.7. The van der Waals surface area contributed by atoms with Crippen LogP contribution >= 0.6 is 11.3 Å². The number of furan rings is 1. The van der Waals surface area contributed by atoms with Gasteiger partial charge in [-0.2, -0.15) is 0 Å². The number of aromatic nitrogens is 1. The van der Waals surface area contributed by atoms with Crippen molar-refractivity contribution in [1.29, 1.82) is 0 Å². The second kappa shape index (κ2) is 6.74. The molecule has 0 atom stereocenters. The minimum atomic E-state index is -0.327. The minimum Gasteiger partial charge on any atom is -0.451 e. The zero-order valence-corrected chi connectivity index (χ0v) is 15.9. The number of rotatable bonds is 4. The summed E-state index contributed by atoms with van der Waals surface area (Å²) >= 11 is 1.45. The van der Waals surface area contributed by atoms with Gasteiger partial charge in [0.05, 0.1) is 16.8 Å². The standard InChI is InChI=1S/C22H16N2O3S/c1-26-12-16-15-8-4-5-9-17(15)27-20(16)21(25)24-22-23-19-14-7-3-2-6-13(14)10-11-18(19)28-22/h2-11H,12H2,1H3,(H,23,24,25). The number of benzene rings is 3. The van der Waals surface area contributed by atoms with Crippen molar-refractivity contribution in [2.24, 2.45) is 0 Å². The molecule has 0 radical (unpaired) electrons. The number of hydrogen-bond donors (Lipinski definition) is 1. The van der Waals surface area contributed by atoms with Gasteiger partial charge in [-0.1, -0.05) is 59.9 Å². The first-order chi connectivity index (χ1) is 13.7. The lowest BCUT2D eigenvalue weighted by molar-refractivity contribution is 0.0992. The number of nitrogens with one attached hydrogen (secondary N) is 1. The Morgan fingerprint density at radius 2 is 1.86 bits per heavy atom. The third kappa shape index (κ3) is 2.74. The Morgan fingerprint density at radius 3 is 2.71 bits per heavy atom. The fourth-order valence-corrected chi connectivity index (χ4v) is 4.32. The van der Waals surface area contributed by atoms with Gasteiger partial charge in [0, 0.05) is 23.4 Å². The number of carbonyl (C=O) groups is 1. The predicted molar refractivity (Wildman–Crippen MR) is 112 cm³/mol. The molecule has 0 unspecified atom stereocenters. The number of fused-ring (bicyclic) bond motifs is 4. The largest absolute Gasteiger partial charge is 0.451 e. The van der Waals surface area contributed by atoms with E-state index in [2.05, 4.69) is 22.4 Å². The smallest absolute Gasteiger partial charge is 0.293 e. The monoisotopic (exact) mass is 388 g/mol. The summed E-state index contributed by atoms with van der Waals surface area (Å²) in [6.07, 6.45) is 0. The molecule has 3 aromatic carbocycles. The first kappa shape index (κ1) is 16.9. The predicted octanol–water partition coefficient (Wildman–Crippen LogP) is 5.59. The number of methoxy groups -OCH3 is 1. The quantitative estimate of drug-likeness (QED) is 0.436. The van der Waals surface area contributed by atoms with Crippen LogP contribution in [0.1, 0.15) is 16.1 Å². The van der Waals surface area contributed by atoms with E-state index in [0.29, 0.717) is 17.3 Å². The average molecular weight is 388 g/mol. The maximum Gasteiger partial charge on any atom is 0.293 e. The number of carbonyl (C=O) groups excluding carboxylic acids is 1. The van der Waals surface area contributed by atoms with Gasteiger partial charge in [0.1, 0.15) is 5.58 Å². The Morgan fingerprint density at radius 1 is 1.07 bits per heavy atom. The van der Waals surface area contributed by atoms with Crippen LogP contribution in [-0.2, 0) is 11.3 Å². The molecule has 28 heavy (non-hydrogen) atoms. The van der Waals surface area contributed by atoms with Crippen molar-refractivity contribution >= 4 is 54.3 Å². The number of anilines is 1. The molecule has 5 nitrogen and oxygen atoms in total. The van der Waals surface area contributed by atoms with Crippen LogP contribution in [0.3, 0.4) is 0 Å². The number of hydrogen-bond acceptors (Lipinski definition) is 5. The average Bonchev–Trinajstić information content (AvgIpc) is 3.30. The van der Waals surface area contributed by atoms with E-state index in [4.69, 9.17) is 9.15 Å². The zero-order valence-electron chi connectivity index (χ0n) is 15.1.